The lowest BCUT2D eigenvalue weighted by Crippen LogP contribution is -2.35. The minimum absolute atomic E-state index is 0.162. The number of halogens is 1. The first-order valence-electron chi connectivity index (χ1n) is 7.99. The van der Waals surface area contributed by atoms with Gasteiger partial charge in [-0.3, -0.25) is 4.79 Å². The van der Waals surface area contributed by atoms with E-state index in [2.05, 4.69) is 5.32 Å². The summed E-state index contributed by atoms with van der Waals surface area (Å²) in [6.45, 7) is 1.82. The first-order valence-corrected chi connectivity index (χ1v) is 7.99. The summed E-state index contributed by atoms with van der Waals surface area (Å²) >= 11 is 0. The van der Waals surface area contributed by atoms with Gasteiger partial charge in [0.1, 0.15) is 5.82 Å². The highest BCUT2D eigenvalue weighted by Crippen LogP contribution is 2.19. The Labute approximate surface area is 141 Å². The van der Waals surface area contributed by atoms with Gasteiger partial charge in [0, 0.05) is 18.5 Å². The van der Waals surface area contributed by atoms with Gasteiger partial charge in [-0.25, -0.2) is 4.39 Å². The van der Waals surface area contributed by atoms with Crippen LogP contribution in [0, 0.1) is 5.82 Å². The summed E-state index contributed by atoms with van der Waals surface area (Å²) in [5.74, 6) is -0.507. The first kappa shape index (κ1) is 18.1. The monoisotopic (exact) mass is 330 g/mol. The third kappa shape index (κ3) is 5.44. The van der Waals surface area contributed by atoms with Gasteiger partial charge in [-0.2, -0.15) is 0 Å². The third-order valence-corrected chi connectivity index (χ3v) is 3.87. The summed E-state index contributed by atoms with van der Waals surface area (Å²) in [6, 6.07) is 14.6. The maximum Gasteiger partial charge on any atom is 0.222 e. The van der Waals surface area contributed by atoms with Crippen LogP contribution in [-0.2, 0) is 4.79 Å². The molecule has 0 heterocycles. The predicted octanol–water partition coefficient (Wildman–Crippen LogP) is 2.84. The van der Waals surface area contributed by atoms with E-state index in [0.29, 0.717) is 12.0 Å². The van der Waals surface area contributed by atoms with Crippen LogP contribution < -0.4 is 11.1 Å². The highest BCUT2D eigenvalue weighted by atomic mass is 19.1. The van der Waals surface area contributed by atoms with Gasteiger partial charge in [-0.05, 0) is 36.6 Å². The van der Waals surface area contributed by atoms with Crippen LogP contribution in [0.3, 0.4) is 0 Å². The topological polar surface area (TPSA) is 75.3 Å². The predicted molar refractivity (Wildman–Crippen MR) is 91.6 cm³/mol. The van der Waals surface area contributed by atoms with Gasteiger partial charge in [-0.15, -0.1) is 0 Å². The maximum absolute atomic E-state index is 12.9. The Hall–Kier alpha value is -2.24. The summed E-state index contributed by atoms with van der Waals surface area (Å²) in [4.78, 5) is 12.1. The Kier molecular flexibility index (Phi) is 6.46. The molecule has 2 rings (SSSR count). The average molecular weight is 330 g/mol. The van der Waals surface area contributed by atoms with E-state index in [1.165, 1.54) is 12.1 Å². The van der Waals surface area contributed by atoms with Gasteiger partial charge in [0.15, 0.2) is 0 Å². The van der Waals surface area contributed by atoms with Crippen molar-refractivity contribution in [1.29, 1.82) is 0 Å². The van der Waals surface area contributed by atoms with Crippen LogP contribution in [0.15, 0.2) is 54.6 Å². The lowest BCUT2D eigenvalue weighted by molar-refractivity contribution is -0.122. The molecule has 0 spiro atoms. The van der Waals surface area contributed by atoms with Crippen molar-refractivity contribution in [2.45, 2.75) is 38.0 Å². The second-order valence-electron chi connectivity index (χ2n) is 5.99. The SMILES string of the molecule is CC(CC(O)c1ccc(F)cc1)NC(=O)CC(N)c1ccccc1. The number of hydrogen-bond donors (Lipinski definition) is 3. The van der Waals surface area contributed by atoms with E-state index >= 15 is 0 Å². The van der Waals surface area contributed by atoms with Crippen LogP contribution in [0.2, 0.25) is 0 Å². The molecule has 0 bridgehead atoms. The quantitative estimate of drug-likeness (QED) is 0.731. The molecular formula is C19H23FN2O2. The fourth-order valence-electron chi connectivity index (χ4n) is 2.57. The molecule has 0 saturated carbocycles. The molecule has 24 heavy (non-hydrogen) atoms. The number of aliphatic hydroxyl groups excluding tert-OH is 1. The summed E-state index contributed by atoms with van der Waals surface area (Å²) in [5, 5.41) is 13.0. The molecule has 128 valence electrons. The molecule has 0 aliphatic rings. The van der Waals surface area contributed by atoms with Gasteiger partial charge >= 0.3 is 0 Å². The number of amides is 1. The summed E-state index contributed by atoms with van der Waals surface area (Å²) in [7, 11) is 0. The normalized spacial score (nSPS) is 14.7. The van der Waals surface area contributed by atoms with E-state index in [9.17, 15) is 14.3 Å². The van der Waals surface area contributed by atoms with E-state index in [0.717, 1.165) is 5.56 Å². The molecule has 2 aromatic rings. The number of hydrogen-bond acceptors (Lipinski definition) is 3. The van der Waals surface area contributed by atoms with Crippen molar-refractivity contribution in [1.82, 2.24) is 5.32 Å². The molecule has 1 amide bonds. The van der Waals surface area contributed by atoms with Crippen molar-refractivity contribution in [3.8, 4) is 0 Å². The van der Waals surface area contributed by atoms with Crippen LogP contribution in [-0.4, -0.2) is 17.1 Å². The lowest BCUT2D eigenvalue weighted by Gasteiger charge is -2.19. The Bertz CT molecular complexity index is 646. The van der Waals surface area contributed by atoms with Gasteiger partial charge in [-0.1, -0.05) is 42.5 Å². The molecule has 0 aliphatic heterocycles. The minimum Gasteiger partial charge on any atom is -0.388 e. The second kappa shape index (κ2) is 8.57. The molecule has 0 radical (unpaired) electrons. The zero-order valence-corrected chi connectivity index (χ0v) is 13.7. The number of nitrogens with one attached hydrogen (secondary N) is 1. The van der Waals surface area contributed by atoms with E-state index in [4.69, 9.17) is 5.73 Å². The zero-order chi connectivity index (χ0) is 17.5. The van der Waals surface area contributed by atoms with Crippen molar-refractivity contribution in [2.75, 3.05) is 0 Å². The van der Waals surface area contributed by atoms with Crippen molar-refractivity contribution >= 4 is 5.91 Å². The van der Waals surface area contributed by atoms with Crippen molar-refractivity contribution in [3.05, 3.63) is 71.5 Å². The summed E-state index contributed by atoms with van der Waals surface area (Å²) in [5.41, 5.74) is 7.56. The lowest BCUT2D eigenvalue weighted by atomic mass is 10.0. The van der Waals surface area contributed by atoms with Gasteiger partial charge in [0.05, 0.1) is 6.10 Å². The molecule has 0 aromatic heterocycles. The molecule has 4 nitrogen and oxygen atoms in total. The fourth-order valence-corrected chi connectivity index (χ4v) is 2.57. The molecule has 3 unspecified atom stereocenters. The first-order chi connectivity index (χ1) is 11.5. The van der Waals surface area contributed by atoms with Gasteiger partial charge in [0.2, 0.25) is 5.91 Å². The van der Waals surface area contributed by atoms with Crippen LogP contribution in [0.25, 0.3) is 0 Å². The molecular weight excluding hydrogens is 307 g/mol. The average Bonchev–Trinajstić information content (AvgIpc) is 2.55. The maximum atomic E-state index is 12.9. The van der Waals surface area contributed by atoms with Crippen LogP contribution in [0.1, 0.15) is 43.0 Å². The molecule has 0 fully saturated rings. The number of benzene rings is 2. The molecule has 4 N–H and O–H groups in total. The Morgan fingerprint density at radius 3 is 2.38 bits per heavy atom. The molecule has 0 saturated heterocycles. The number of carbonyl (C=O) groups excluding carboxylic acids is 1. The van der Waals surface area contributed by atoms with Crippen molar-refractivity contribution in [2.24, 2.45) is 5.73 Å². The highest BCUT2D eigenvalue weighted by Gasteiger charge is 2.17. The largest absolute Gasteiger partial charge is 0.388 e. The summed E-state index contributed by atoms with van der Waals surface area (Å²) in [6.07, 6.45) is -0.234. The Morgan fingerprint density at radius 1 is 1.12 bits per heavy atom. The number of rotatable bonds is 7. The fraction of sp³-hybridized carbons (Fsp3) is 0.316. The van der Waals surface area contributed by atoms with Gasteiger partial charge < -0.3 is 16.2 Å². The van der Waals surface area contributed by atoms with Crippen LogP contribution in [0.5, 0.6) is 0 Å². The van der Waals surface area contributed by atoms with Crippen LogP contribution in [0.4, 0.5) is 4.39 Å². The number of carbonyl (C=O) groups is 1. The standard InChI is InChI=1S/C19H23FN2O2/c1-13(11-18(23)15-7-9-16(20)10-8-15)22-19(24)12-17(21)14-5-3-2-4-6-14/h2-10,13,17-18,23H,11-12,21H2,1H3,(H,22,24). The number of aliphatic hydroxyl groups is 1. The van der Waals surface area contributed by atoms with E-state index in [1.54, 1.807) is 12.1 Å². The van der Waals surface area contributed by atoms with E-state index in [1.807, 2.05) is 37.3 Å². The Balaban J connectivity index is 1.82. The molecule has 5 heteroatoms. The smallest absolute Gasteiger partial charge is 0.222 e. The Morgan fingerprint density at radius 2 is 1.75 bits per heavy atom. The zero-order valence-electron chi connectivity index (χ0n) is 13.7. The van der Waals surface area contributed by atoms with Crippen molar-refractivity contribution < 1.29 is 14.3 Å². The highest BCUT2D eigenvalue weighted by molar-refractivity contribution is 5.77. The number of nitrogens with two attached hydrogens (primary N) is 1. The van der Waals surface area contributed by atoms with E-state index < -0.39 is 6.10 Å². The molecule has 0 aliphatic carbocycles. The molecule has 3 atom stereocenters. The van der Waals surface area contributed by atoms with E-state index in [-0.39, 0.29) is 30.2 Å². The summed E-state index contributed by atoms with van der Waals surface area (Å²) < 4.78 is 12.9. The van der Waals surface area contributed by atoms with Crippen LogP contribution >= 0.6 is 0 Å². The third-order valence-electron chi connectivity index (χ3n) is 3.87. The van der Waals surface area contributed by atoms with Gasteiger partial charge in [0.25, 0.3) is 0 Å². The second-order valence-corrected chi connectivity index (χ2v) is 5.99. The minimum atomic E-state index is -0.760. The van der Waals surface area contributed by atoms with Crippen molar-refractivity contribution in [3.63, 3.8) is 0 Å². The molecule has 2 aromatic carbocycles.